The fourth-order valence-electron chi connectivity index (χ4n) is 3.90. The molecule has 1 fully saturated rings. The van der Waals surface area contributed by atoms with Crippen LogP contribution in [0.25, 0.3) is 0 Å². The minimum Gasteiger partial charge on any atom is -0.467 e. The van der Waals surface area contributed by atoms with Crippen molar-refractivity contribution in [2.75, 3.05) is 33.2 Å². The molecule has 0 bridgehead atoms. The quantitative estimate of drug-likeness (QED) is 0.534. The Balaban J connectivity index is 2.16. The summed E-state index contributed by atoms with van der Waals surface area (Å²) in [4.78, 5) is 40.5. The molecule has 1 aromatic rings. The number of hydrogen-bond donors (Lipinski definition) is 2. The van der Waals surface area contributed by atoms with E-state index in [9.17, 15) is 14.4 Å². The Bertz CT molecular complexity index is 746. The third-order valence-corrected chi connectivity index (χ3v) is 6.26. The van der Waals surface area contributed by atoms with E-state index >= 15 is 0 Å². The maximum absolute atomic E-state index is 13.3. The molecule has 1 atom stereocenters. The lowest BCUT2D eigenvalue weighted by atomic mass is 9.80. The molecule has 172 valence electrons. The summed E-state index contributed by atoms with van der Waals surface area (Å²) in [7, 11) is 5.30. The molecule has 0 heterocycles. The van der Waals surface area contributed by atoms with Crippen molar-refractivity contribution in [3.63, 3.8) is 0 Å². The van der Waals surface area contributed by atoms with Crippen molar-refractivity contribution in [2.24, 2.45) is 0 Å². The fourth-order valence-corrected chi connectivity index (χ4v) is 4.38. The lowest BCUT2D eigenvalue weighted by Crippen LogP contribution is -2.62. The van der Waals surface area contributed by atoms with Gasteiger partial charge in [-0.2, -0.15) is 11.8 Å². The molecule has 1 aliphatic rings. The van der Waals surface area contributed by atoms with Gasteiger partial charge in [0, 0.05) is 12.1 Å². The summed E-state index contributed by atoms with van der Waals surface area (Å²) in [6.07, 6.45) is 6.27. The summed E-state index contributed by atoms with van der Waals surface area (Å²) in [6, 6.07) is 6.72. The van der Waals surface area contributed by atoms with Crippen molar-refractivity contribution in [3.8, 4) is 0 Å². The number of esters is 1. The first-order chi connectivity index (χ1) is 14.8. The van der Waals surface area contributed by atoms with Crippen LogP contribution in [0, 0.1) is 0 Å². The van der Waals surface area contributed by atoms with Gasteiger partial charge in [-0.05, 0) is 63.1 Å². The zero-order chi connectivity index (χ0) is 22.9. The van der Waals surface area contributed by atoms with Gasteiger partial charge < -0.3 is 20.3 Å². The molecule has 1 aliphatic carbocycles. The molecule has 2 N–H and O–H groups in total. The van der Waals surface area contributed by atoms with Crippen LogP contribution in [0.15, 0.2) is 24.3 Å². The number of benzene rings is 1. The number of nitrogens with zero attached hydrogens (tertiary/aromatic N) is 1. The van der Waals surface area contributed by atoms with E-state index in [0.29, 0.717) is 24.8 Å². The van der Waals surface area contributed by atoms with Crippen LogP contribution in [0.1, 0.15) is 54.4 Å². The van der Waals surface area contributed by atoms with Crippen molar-refractivity contribution in [1.29, 1.82) is 0 Å². The standard InChI is InChI=1S/C23H35N3O4S/c1-26(2)16-17-8-10-18(11-9-17)20(27)25-23(13-6-5-7-14-23)22(29)24-19(12-15-31-4)21(28)30-3/h8-11,19H,5-7,12-16H2,1-4H3,(H,24,29)(H,25,27). The Hall–Kier alpha value is -2.06. The van der Waals surface area contributed by atoms with Crippen molar-refractivity contribution < 1.29 is 19.1 Å². The van der Waals surface area contributed by atoms with Gasteiger partial charge in [0.2, 0.25) is 5.91 Å². The molecule has 1 aromatic carbocycles. The zero-order valence-electron chi connectivity index (χ0n) is 19.0. The number of hydrogen-bond acceptors (Lipinski definition) is 6. The molecule has 31 heavy (non-hydrogen) atoms. The van der Waals surface area contributed by atoms with E-state index in [1.54, 1.807) is 23.9 Å². The average Bonchev–Trinajstić information content (AvgIpc) is 2.76. The van der Waals surface area contributed by atoms with Crippen molar-refractivity contribution in [1.82, 2.24) is 15.5 Å². The van der Waals surface area contributed by atoms with Gasteiger partial charge in [0.25, 0.3) is 5.91 Å². The summed E-state index contributed by atoms with van der Waals surface area (Å²) < 4.78 is 4.87. The monoisotopic (exact) mass is 449 g/mol. The molecule has 0 spiro atoms. The summed E-state index contributed by atoms with van der Waals surface area (Å²) in [5.41, 5.74) is 0.622. The topological polar surface area (TPSA) is 87.7 Å². The molecular weight excluding hydrogens is 414 g/mol. The molecule has 2 rings (SSSR count). The molecule has 8 heteroatoms. The van der Waals surface area contributed by atoms with Gasteiger partial charge in [0.05, 0.1) is 7.11 Å². The van der Waals surface area contributed by atoms with E-state index < -0.39 is 17.6 Å². The van der Waals surface area contributed by atoms with E-state index in [1.807, 2.05) is 32.5 Å². The first kappa shape index (κ1) is 25.2. The van der Waals surface area contributed by atoms with Crippen LogP contribution in [0.2, 0.25) is 0 Å². The van der Waals surface area contributed by atoms with Gasteiger partial charge >= 0.3 is 5.97 Å². The normalized spacial score (nSPS) is 16.4. The third kappa shape index (κ3) is 7.25. The second-order valence-electron chi connectivity index (χ2n) is 8.36. The molecule has 0 aromatic heterocycles. The Labute approximate surface area is 189 Å². The van der Waals surface area contributed by atoms with Crippen LogP contribution >= 0.6 is 11.8 Å². The van der Waals surface area contributed by atoms with Crippen LogP contribution in [0.4, 0.5) is 0 Å². The number of thioether (sulfide) groups is 1. The lowest BCUT2D eigenvalue weighted by molar-refractivity contribution is -0.146. The van der Waals surface area contributed by atoms with Gasteiger partial charge in [0.1, 0.15) is 11.6 Å². The molecular formula is C23H35N3O4S. The van der Waals surface area contributed by atoms with Crippen LogP contribution in [-0.2, 0) is 20.9 Å². The summed E-state index contributed by atoms with van der Waals surface area (Å²) in [6.45, 7) is 0.791. The maximum Gasteiger partial charge on any atom is 0.328 e. The molecule has 0 saturated heterocycles. The van der Waals surface area contributed by atoms with Crippen LogP contribution < -0.4 is 10.6 Å². The molecule has 1 saturated carbocycles. The molecule has 7 nitrogen and oxygen atoms in total. The summed E-state index contributed by atoms with van der Waals surface area (Å²) in [5.74, 6) is -0.316. The van der Waals surface area contributed by atoms with E-state index in [0.717, 1.165) is 37.1 Å². The predicted octanol–water partition coefficient (Wildman–Crippen LogP) is 2.59. The highest BCUT2D eigenvalue weighted by molar-refractivity contribution is 7.98. The first-order valence-electron chi connectivity index (χ1n) is 10.7. The smallest absolute Gasteiger partial charge is 0.328 e. The number of methoxy groups -OCH3 is 1. The average molecular weight is 450 g/mol. The Morgan fingerprint density at radius 3 is 2.32 bits per heavy atom. The second kappa shape index (κ2) is 12.1. The maximum atomic E-state index is 13.3. The van der Waals surface area contributed by atoms with Crippen molar-refractivity contribution >= 4 is 29.5 Å². The summed E-state index contributed by atoms with van der Waals surface area (Å²) in [5, 5.41) is 5.86. The molecule has 0 radical (unpaired) electrons. The number of carbonyl (C=O) groups excluding carboxylic acids is 3. The highest BCUT2D eigenvalue weighted by Crippen LogP contribution is 2.29. The minimum absolute atomic E-state index is 0.271. The van der Waals surface area contributed by atoms with Gasteiger partial charge in [-0.15, -0.1) is 0 Å². The van der Waals surface area contributed by atoms with E-state index in [1.165, 1.54) is 7.11 Å². The zero-order valence-corrected chi connectivity index (χ0v) is 19.8. The van der Waals surface area contributed by atoms with Gasteiger partial charge in [0.15, 0.2) is 0 Å². The van der Waals surface area contributed by atoms with Crippen LogP contribution in [-0.4, -0.2) is 67.5 Å². The highest BCUT2D eigenvalue weighted by Gasteiger charge is 2.42. The van der Waals surface area contributed by atoms with Gasteiger partial charge in [-0.3, -0.25) is 9.59 Å². The van der Waals surface area contributed by atoms with E-state index in [-0.39, 0.29) is 11.8 Å². The Morgan fingerprint density at radius 1 is 1.13 bits per heavy atom. The van der Waals surface area contributed by atoms with Gasteiger partial charge in [-0.25, -0.2) is 4.79 Å². The molecule has 0 aliphatic heterocycles. The fraction of sp³-hybridized carbons (Fsp3) is 0.609. The summed E-state index contributed by atoms with van der Waals surface area (Å²) >= 11 is 1.60. The van der Waals surface area contributed by atoms with Gasteiger partial charge in [-0.1, -0.05) is 31.4 Å². The van der Waals surface area contributed by atoms with Crippen molar-refractivity contribution in [3.05, 3.63) is 35.4 Å². The van der Waals surface area contributed by atoms with E-state index in [4.69, 9.17) is 4.74 Å². The number of rotatable bonds is 10. The third-order valence-electron chi connectivity index (χ3n) is 5.61. The number of ether oxygens (including phenoxy) is 1. The molecule has 1 unspecified atom stereocenters. The Kier molecular flexibility index (Phi) is 9.84. The highest BCUT2D eigenvalue weighted by atomic mass is 32.2. The first-order valence-corrected chi connectivity index (χ1v) is 12.1. The van der Waals surface area contributed by atoms with Crippen LogP contribution in [0.3, 0.4) is 0 Å². The minimum atomic E-state index is -1.01. The van der Waals surface area contributed by atoms with Crippen LogP contribution in [0.5, 0.6) is 0 Å². The number of carbonyl (C=O) groups is 3. The largest absolute Gasteiger partial charge is 0.467 e. The SMILES string of the molecule is COC(=O)C(CCSC)NC(=O)C1(NC(=O)c2ccc(CN(C)C)cc2)CCCCC1. The number of amides is 2. The number of nitrogens with one attached hydrogen (secondary N) is 2. The lowest BCUT2D eigenvalue weighted by Gasteiger charge is -2.37. The Morgan fingerprint density at radius 2 is 1.77 bits per heavy atom. The van der Waals surface area contributed by atoms with Crippen molar-refractivity contribution in [2.45, 2.75) is 56.7 Å². The second-order valence-corrected chi connectivity index (χ2v) is 9.35. The van der Waals surface area contributed by atoms with E-state index in [2.05, 4.69) is 15.5 Å². The molecule has 2 amide bonds. The predicted molar refractivity (Wildman–Crippen MR) is 124 cm³/mol.